The van der Waals surface area contributed by atoms with E-state index in [4.69, 9.17) is 10.8 Å². The lowest BCUT2D eigenvalue weighted by Crippen LogP contribution is -2.22. The summed E-state index contributed by atoms with van der Waals surface area (Å²) in [6.07, 6.45) is 0. The van der Waals surface area contributed by atoms with Gasteiger partial charge >= 0.3 is 5.97 Å². The molecule has 0 heterocycles. The number of aromatic carboxylic acids is 1. The number of carboxylic acid groups (broad SMARTS) is 1. The third kappa shape index (κ3) is 3.16. The van der Waals surface area contributed by atoms with Gasteiger partial charge in [0.1, 0.15) is 0 Å². The predicted octanol–water partition coefficient (Wildman–Crippen LogP) is 0.190. The number of hydrogen-bond donors (Lipinski definition) is 3. The Bertz CT molecular complexity index is 486. The number of nitrogens with one attached hydrogen (secondary N) is 1. The summed E-state index contributed by atoms with van der Waals surface area (Å²) >= 11 is 0. The Labute approximate surface area is 95.2 Å². The molecule has 0 aromatic heterocycles. The van der Waals surface area contributed by atoms with Crippen molar-refractivity contribution in [1.29, 1.82) is 0 Å². The van der Waals surface area contributed by atoms with Crippen LogP contribution in [0, 0.1) is 10.1 Å². The highest BCUT2D eigenvalue weighted by Gasteiger charge is 2.15. The van der Waals surface area contributed by atoms with E-state index in [1.54, 1.807) is 0 Å². The highest BCUT2D eigenvalue weighted by Crippen LogP contribution is 2.22. The van der Waals surface area contributed by atoms with Gasteiger partial charge in [0.25, 0.3) is 5.69 Å². The topological polar surface area (TPSA) is 136 Å². The van der Waals surface area contributed by atoms with Crippen LogP contribution in [0.5, 0.6) is 0 Å². The maximum absolute atomic E-state index is 10.8. The Morgan fingerprint density at radius 1 is 1.47 bits per heavy atom. The number of carbonyl (C=O) groups is 2. The van der Waals surface area contributed by atoms with Crippen LogP contribution in [-0.2, 0) is 4.79 Å². The monoisotopic (exact) mass is 239 g/mol. The highest BCUT2D eigenvalue weighted by atomic mass is 16.6. The van der Waals surface area contributed by atoms with Crippen LogP contribution in [0.25, 0.3) is 0 Å². The molecule has 4 N–H and O–H groups in total. The first-order valence-electron chi connectivity index (χ1n) is 4.45. The van der Waals surface area contributed by atoms with Crippen LogP contribution in [0.3, 0.4) is 0 Å². The first-order chi connectivity index (χ1) is 7.91. The van der Waals surface area contributed by atoms with Gasteiger partial charge in [0.2, 0.25) is 5.91 Å². The molecular formula is C9H9N3O5. The minimum absolute atomic E-state index is 0.0227. The van der Waals surface area contributed by atoms with Crippen LogP contribution in [0.15, 0.2) is 18.2 Å². The molecule has 0 saturated heterocycles. The van der Waals surface area contributed by atoms with Gasteiger partial charge in [-0.05, 0) is 6.07 Å². The minimum Gasteiger partial charge on any atom is -0.478 e. The number of carbonyl (C=O) groups excluding carboxylic acids is 1. The van der Waals surface area contributed by atoms with Gasteiger partial charge < -0.3 is 16.2 Å². The Hall–Kier alpha value is -2.64. The number of carboxylic acids is 1. The quantitative estimate of drug-likeness (QED) is 0.495. The van der Waals surface area contributed by atoms with E-state index in [9.17, 15) is 19.7 Å². The largest absolute Gasteiger partial charge is 0.478 e. The lowest BCUT2D eigenvalue weighted by Gasteiger charge is -2.07. The predicted molar refractivity (Wildman–Crippen MR) is 57.7 cm³/mol. The first-order valence-corrected chi connectivity index (χ1v) is 4.45. The van der Waals surface area contributed by atoms with E-state index in [1.807, 2.05) is 0 Å². The number of benzene rings is 1. The van der Waals surface area contributed by atoms with Crippen LogP contribution in [0.1, 0.15) is 10.4 Å². The minimum atomic E-state index is -1.26. The molecule has 0 atom stereocenters. The van der Waals surface area contributed by atoms with Crippen LogP contribution < -0.4 is 11.1 Å². The zero-order valence-corrected chi connectivity index (χ0v) is 8.54. The smallest absolute Gasteiger partial charge is 0.337 e. The van der Waals surface area contributed by atoms with E-state index in [2.05, 4.69) is 5.32 Å². The molecule has 0 unspecified atom stereocenters. The zero-order chi connectivity index (χ0) is 13.0. The fourth-order valence-electron chi connectivity index (χ4n) is 1.16. The zero-order valence-electron chi connectivity index (χ0n) is 8.54. The van der Waals surface area contributed by atoms with E-state index in [0.717, 1.165) is 18.2 Å². The number of nitro groups is 1. The maximum atomic E-state index is 10.8. The summed E-state index contributed by atoms with van der Waals surface area (Å²) in [5.41, 5.74) is 4.41. The Morgan fingerprint density at radius 3 is 2.59 bits per heavy atom. The fourth-order valence-corrected chi connectivity index (χ4v) is 1.16. The maximum Gasteiger partial charge on any atom is 0.337 e. The number of nitro benzene ring substituents is 1. The van der Waals surface area contributed by atoms with E-state index >= 15 is 0 Å². The molecule has 0 radical (unpaired) electrons. The van der Waals surface area contributed by atoms with Crippen molar-refractivity contribution >= 4 is 23.3 Å². The lowest BCUT2D eigenvalue weighted by molar-refractivity contribution is -0.384. The van der Waals surface area contributed by atoms with Gasteiger partial charge in [-0.3, -0.25) is 14.9 Å². The Morgan fingerprint density at radius 2 is 2.12 bits per heavy atom. The number of amides is 1. The summed E-state index contributed by atoms with van der Waals surface area (Å²) in [4.78, 5) is 31.2. The molecule has 0 bridgehead atoms. The van der Waals surface area contributed by atoms with E-state index in [0.29, 0.717) is 0 Å². The van der Waals surface area contributed by atoms with Crippen molar-refractivity contribution in [3.8, 4) is 0 Å². The molecule has 0 saturated carbocycles. The lowest BCUT2D eigenvalue weighted by atomic mass is 10.1. The van der Waals surface area contributed by atoms with Gasteiger partial charge in [-0.25, -0.2) is 4.79 Å². The van der Waals surface area contributed by atoms with Crippen LogP contribution in [0.4, 0.5) is 11.4 Å². The van der Waals surface area contributed by atoms with Crippen molar-refractivity contribution < 1.29 is 19.6 Å². The van der Waals surface area contributed by atoms with Crippen LogP contribution in [0.2, 0.25) is 0 Å². The summed E-state index contributed by atoms with van der Waals surface area (Å²) in [5.74, 6) is -1.96. The number of nitrogens with two attached hydrogens (primary N) is 1. The van der Waals surface area contributed by atoms with Crippen molar-refractivity contribution in [2.24, 2.45) is 5.73 Å². The summed E-state index contributed by atoms with van der Waals surface area (Å²) in [6, 6.07) is 3.19. The second-order valence-electron chi connectivity index (χ2n) is 3.11. The second-order valence-corrected chi connectivity index (χ2v) is 3.11. The van der Waals surface area contributed by atoms with E-state index in [-0.39, 0.29) is 23.5 Å². The Balaban J connectivity index is 3.11. The number of rotatable bonds is 5. The number of non-ortho nitro benzene ring substituents is 1. The van der Waals surface area contributed by atoms with Crippen molar-refractivity contribution in [2.75, 3.05) is 11.9 Å². The molecule has 0 spiro atoms. The van der Waals surface area contributed by atoms with Gasteiger partial charge in [0.15, 0.2) is 0 Å². The molecule has 0 aliphatic carbocycles. The molecule has 8 heteroatoms. The number of primary amides is 1. The SMILES string of the molecule is NC(=O)CNc1cc([N+](=O)[O-])ccc1C(=O)O. The van der Waals surface area contributed by atoms with Crippen LogP contribution in [-0.4, -0.2) is 28.5 Å². The van der Waals surface area contributed by atoms with Gasteiger partial charge in [-0.1, -0.05) is 0 Å². The molecule has 17 heavy (non-hydrogen) atoms. The molecule has 0 fully saturated rings. The third-order valence-corrected chi connectivity index (χ3v) is 1.90. The summed E-state index contributed by atoms with van der Waals surface area (Å²) in [6.45, 7) is -0.304. The van der Waals surface area contributed by atoms with Crippen molar-refractivity contribution in [3.63, 3.8) is 0 Å². The normalized spacial score (nSPS) is 9.65. The second kappa shape index (κ2) is 4.92. The van der Waals surface area contributed by atoms with Gasteiger partial charge in [0, 0.05) is 12.1 Å². The fraction of sp³-hybridized carbons (Fsp3) is 0.111. The van der Waals surface area contributed by atoms with Gasteiger partial charge in [-0.2, -0.15) is 0 Å². The van der Waals surface area contributed by atoms with Crippen molar-refractivity contribution in [2.45, 2.75) is 0 Å². The molecule has 1 aromatic rings. The third-order valence-electron chi connectivity index (χ3n) is 1.90. The summed E-state index contributed by atoms with van der Waals surface area (Å²) in [7, 11) is 0. The summed E-state index contributed by atoms with van der Waals surface area (Å²) in [5, 5.41) is 21.8. The van der Waals surface area contributed by atoms with Gasteiger partial charge in [0.05, 0.1) is 22.7 Å². The van der Waals surface area contributed by atoms with E-state index < -0.39 is 16.8 Å². The number of anilines is 1. The van der Waals surface area contributed by atoms with Gasteiger partial charge in [-0.15, -0.1) is 0 Å². The molecule has 1 amide bonds. The van der Waals surface area contributed by atoms with Crippen molar-refractivity contribution in [3.05, 3.63) is 33.9 Å². The molecule has 0 aliphatic heterocycles. The molecule has 1 rings (SSSR count). The highest BCUT2D eigenvalue weighted by molar-refractivity contribution is 5.95. The van der Waals surface area contributed by atoms with E-state index in [1.165, 1.54) is 0 Å². The first kappa shape index (κ1) is 12.4. The molecule has 8 nitrogen and oxygen atoms in total. The standard InChI is InChI=1S/C9H9N3O5/c10-8(13)4-11-7-3-5(12(16)17)1-2-6(7)9(14)15/h1-3,11H,4H2,(H2,10,13)(H,14,15). The molecular weight excluding hydrogens is 230 g/mol. The molecule has 90 valence electrons. The Kier molecular flexibility index (Phi) is 3.60. The average Bonchev–Trinajstić information content (AvgIpc) is 2.25. The average molecular weight is 239 g/mol. The molecule has 1 aromatic carbocycles. The van der Waals surface area contributed by atoms with Crippen molar-refractivity contribution in [1.82, 2.24) is 0 Å². The molecule has 0 aliphatic rings. The number of nitrogens with zero attached hydrogens (tertiary/aromatic N) is 1. The number of hydrogen-bond acceptors (Lipinski definition) is 5. The van der Waals surface area contributed by atoms with Crippen LogP contribution >= 0.6 is 0 Å². The summed E-state index contributed by atoms with van der Waals surface area (Å²) < 4.78 is 0.